The monoisotopic (exact) mass is 459 g/mol. The maximum absolute atomic E-state index is 12.8. The van der Waals surface area contributed by atoms with E-state index in [0.717, 1.165) is 44.6 Å². The van der Waals surface area contributed by atoms with Crippen LogP contribution >= 0.6 is 12.2 Å². The summed E-state index contributed by atoms with van der Waals surface area (Å²) in [4.78, 5) is 17.4. The molecule has 0 fully saturated rings. The van der Waals surface area contributed by atoms with Crippen LogP contribution in [0.1, 0.15) is 32.6 Å². The summed E-state index contributed by atoms with van der Waals surface area (Å²) in [5, 5.41) is 6.04. The molecule has 3 aromatic carbocycles. The van der Waals surface area contributed by atoms with Crippen LogP contribution in [0.5, 0.6) is 5.75 Å². The molecule has 0 spiro atoms. The van der Waals surface area contributed by atoms with Gasteiger partial charge in [-0.15, -0.1) is 0 Å². The van der Waals surface area contributed by atoms with Gasteiger partial charge in [-0.1, -0.05) is 24.3 Å². The Kier molecular flexibility index (Phi) is 6.16. The number of carbonyl (C=O) groups is 1. The van der Waals surface area contributed by atoms with Gasteiger partial charge in [0.05, 0.1) is 12.7 Å². The van der Waals surface area contributed by atoms with E-state index < -0.39 is 0 Å². The van der Waals surface area contributed by atoms with Gasteiger partial charge in [-0.05, 0) is 86.4 Å². The summed E-state index contributed by atoms with van der Waals surface area (Å²) in [6.07, 6.45) is 0. The quantitative estimate of drug-likeness (QED) is 0.372. The smallest absolute Gasteiger partial charge is 0.261 e. The van der Waals surface area contributed by atoms with Gasteiger partial charge in [0.25, 0.3) is 5.91 Å². The Labute approximate surface area is 198 Å². The normalized spacial score (nSPS) is 10.8. The van der Waals surface area contributed by atoms with Gasteiger partial charge in [-0.2, -0.15) is 0 Å². The molecule has 0 saturated carbocycles. The van der Waals surface area contributed by atoms with E-state index >= 15 is 0 Å². The number of nitrogens with one attached hydrogen (secondary N) is 2. The van der Waals surface area contributed by atoms with Crippen molar-refractivity contribution in [1.29, 1.82) is 0 Å². The number of hydrogen-bond acceptors (Lipinski definition) is 5. The first-order valence-electron chi connectivity index (χ1n) is 10.5. The van der Waals surface area contributed by atoms with Gasteiger partial charge in [0, 0.05) is 11.3 Å². The van der Waals surface area contributed by atoms with Crippen molar-refractivity contribution in [1.82, 2.24) is 10.3 Å². The molecule has 0 saturated heterocycles. The Morgan fingerprint density at radius 2 is 1.79 bits per heavy atom. The summed E-state index contributed by atoms with van der Waals surface area (Å²) in [7, 11) is 1.54. The van der Waals surface area contributed by atoms with Crippen LogP contribution in [0.25, 0.3) is 22.6 Å². The third-order valence-corrected chi connectivity index (χ3v) is 5.64. The van der Waals surface area contributed by atoms with Gasteiger partial charge in [0.15, 0.2) is 10.7 Å². The molecule has 6 nitrogen and oxygen atoms in total. The Morgan fingerprint density at radius 3 is 2.55 bits per heavy atom. The zero-order valence-corrected chi connectivity index (χ0v) is 20.0. The maximum atomic E-state index is 12.8. The van der Waals surface area contributed by atoms with Gasteiger partial charge >= 0.3 is 0 Å². The second-order valence-corrected chi connectivity index (χ2v) is 8.45. The van der Waals surface area contributed by atoms with Crippen LogP contribution in [0.4, 0.5) is 5.69 Å². The van der Waals surface area contributed by atoms with Crippen LogP contribution in [0.3, 0.4) is 0 Å². The van der Waals surface area contributed by atoms with Crippen molar-refractivity contribution < 1.29 is 13.9 Å². The molecule has 0 atom stereocenters. The fraction of sp³-hybridized carbons (Fsp3) is 0.192. The third kappa shape index (κ3) is 4.59. The third-order valence-electron chi connectivity index (χ3n) is 5.44. The lowest BCUT2D eigenvalue weighted by molar-refractivity contribution is 0.0974. The summed E-state index contributed by atoms with van der Waals surface area (Å²) >= 11 is 5.41. The number of benzene rings is 3. The van der Waals surface area contributed by atoms with Crippen molar-refractivity contribution >= 4 is 40.0 Å². The van der Waals surface area contributed by atoms with Crippen molar-refractivity contribution in [3.05, 3.63) is 76.3 Å². The van der Waals surface area contributed by atoms with E-state index in [0.29, 0.717) is 17.2 Å². The number of nitrogens with zero attached hydrogens (tertiary/aromatic N) is 1. The summed E-state index contributed by atoms with van der Waals surface area (Å²) in [6.45, 7) is 7.89. The molecule has 0 aliphatic carbocycles. The minimum absolute atomic E-state index is 0.188. The number of aryl methyl sites for hydroxylation is 4. The van der Waals surface area contributed by atoms with Gasteiger partial charge in [0.2, 0.25) is 5.89 Å². The predicted molar refractivity (Wildman–Crippen MR) is 135 cm³/mol. The van der Waals surface area contributed by atoms with E-state index in [1.165, 1.54) is 0 Å². The molecule has 33 heavy (non-hydrogen) atoms. The molecule has 0 aliphatic heterocycles. The largest absolute Gasteiger partial charge is 0.496 e. The minimum Gasteiger partial charge on any atom is -0.496 e. The van der Waals surface area contributed by atoms with E-state index in [4.69, 9.17) is 21.4 Å². The number of rotatable bonds is 4. The average molecular weight is 460 g/mol. The molecule has 0 bridgehead atoms. The van der Waals surface area contributed by atoms with Gasteiger partial charge in [-0.25, -0.2) is 4.98 Å². The van der Waals surface area contributed by atoms with Gasteiger partial charge in [-0.3, -0.25) is 10.1 Å². The van der Waals surface area contributed by atoms with Crippen LogP contribution in [0.2, 0.25) is 0 Å². The van der Waals surface area contributed by atoms with E-state index in [2.05, 4.69) is 21.7 Å². The second kappa shape index (κ2) is 9.03. The molecule has 7 heteroatoms. The molecule has 1 aromatic heterocycles. The highest BCUT2D eigenvalue weighted by Crippen LogP contribution is 2.30. The van der Waals surface area contributed by atoms with E-state index in [9.17, 15) is 4.79 Å². The molecule has 4 rings (SSSR count). The number of carbonyl (C=O) groups excluding carboxylic acids is 1. The molecule has 168 valence electrons. The van der Waals surface area contributed by atoms with Crippen LogP contribution in [0, 0.1) is 27.7 Å². The first kappa shape index (κ1) is 22.5. The van der Waals surface area contributed by atoms with Crippen LogP contribution < -0.4 is 15.4 Å². The molecular weight excluding hydrogens is 434 g/mol. The highest BCUT2D eigenvalue weighted by molar-refractivity contribution is 7.80. The number of aromatic nitrogens is 1. The molecule has 0 unspecified atom stereocenters. The SMILES string of the molecule is COc1c(C)cccc1C(=O)NC(=S)Nc1cc(-c2nc3cc(C)cc(C)c3o2)ccc1C. The number of amides is 1. The van der Waals surface area contributed by atoms with Crippen molar-refractivity contribution in [2.24, 2.45) is 0 Å². The summed E-state index contributed by atoms with van der Waals surface area (Å²) in [5.41, 5.74) is 7.61. The highest BCUT2D eigenvalue weighted by Gasteiger charge is 2.16. The highest BCUT2D eigenvalue weighted by atomic mass is 32.1. The maximum Gasteiger partial charge on any atom is 0.261 e. The predicted octanol–water partition coefficient (Wildman–Crippen LogP) is 5.86. The molecule has 0 radical (unpaired) electrons. The van der Waals surface area contributed by atoms with Crippen molar-refractivity contribution in [3.8, 4) is 17.2 Å². The molecule has 1 heterocycles. The summed E-state index contributed by atoms with van der Waals surface area (Å²) in [5.74, 6) is 0.713. The fourth-order valence-corrected chi connectivity index (χ4v) is 4.02. The Morgan fingerprint density at radius 1 is 1.00 bits per heavy atom. The summed E-state index contributed by atoms with van der Waals surface area (Å²) in [6, 6.07) is 15.3. The van der Waals surface area contributed by atoms with Gasteiger partial charge in [0.1, 0.15) is 11.3 Å². The number of oxazole rings is 1. The van der Waals surface area contributed by atoms with Crippen LogP contribution in [0.15, 0.2) is 52.9 Å². The first-order valence-corrected chi connectivity index (χ1v) is 10.9. The zero-order chi connectivity index (χ0) is 23.7. The lowest BCUT2D eigenvalue weighted by Gasteiger charge is -2.14. The number of methoxy groups -OCH3 is 1. The molecular formula is C26H25N3O3S. The Hall–Kier alpha value is -3.71. The lowest BCUT2D eigenvalue weighted by atomic mass is 10.1. The number of hydrogen-bond donors (Lipinski definition) is 2. The van der Waals surface area contributed by atoms with E-state index in [1.807, 2.05) is 58.0 Å². The van der Waals surface area contributed by atoms with Crippen molar-refractivity contribution in [2.75, 3.05) is 12.4 Å². The second-order valence-electron chi connectivity index (χ2n) is 8.04. The van der Waals surface area contributed by atoms with Crippen molar-refractivity contribution in [3.63, 3.8) is 0 Å². The molecule has 2 N–H and O–H groups in total. The van der Waals surface area contributed by atoms with E-state index in [-0.39, 0.29) is 11.0 Å². The number of para-hydroxylation sites is 1. The van der Waals surface area contributed by atoms with Crippen molar-refractivity contribution in [2.45, 2.75) is 27.7 Å². The molecule has 0 aliphatic rings. The molecule has 1 amide bonds. The number of ether oxygens (including phenoxy) is 1. The molecule has 4 aromatic rings. The number of thiocarbonyl (C=S) groups is 1. The van der Waals surface area contributed by atoms with Crippen LogP contribution in [-0.2, 0) is 0 Å². The summed E-state index contributed by atoms with van der Waals surface area (Å²) < 4.78 is 11.4. The standard InChI is InChI=1S/C26H25N3O3S/c1-14-11-17(4)23-21(12-14)27-25(32-23)18-10-9-15(2)20(13-18)28-26(33)29-24(30)19-8-6-7-16(3)22(19)31-5/h6-13H,1-5H3,(H2,28,29,30,33). The van der Waals surface area contributed by atoms with E-state index in [1.54, 1.807) is 19.2 Å². The fourth-order valence-electron chi connectivity index (χ4n) is 3.82. The number of anilines is 1. The zero-order valence-electron chi connectivity index (χ0n) is 19.2. The number of fused-ring (bicyclic) bond motifs is 1. The Bertz CT molecular complexity index is 1390. The first-order chi connectivity index (χ1) is 15.8. The van der Waals surface area contributed by atoms with Gasteiger partial charge < -0.3 is 14.5 Å². The average Bonchev–Trinajstić information content (AvgIpc) is 3.19. The van der Waals surface area contributed by atoms with Crippen LogP contribution in [-0.4, -0.2) is 23.1 Å². The minimum atomic E-state index is -0.341. The topological polar surface area (TPSA) is 76.4 Å². The Balaban J connectivity index is 1.56. The lowest BCUT2D eigenvalue weighted by Crippen LogP contribution is -2.34.